The summed E-state index contributed by atoms with van der Waals surface area (Å²) in [6, 6.07) is -0.107. The Labute approximate surface area is 73.5 Å². The Morgan fingerprint density at radius 2 is 1.83 bits per heavy atom. The first-order chi connectivity index (χ1) is 5.39. The van der Waals surface area contributed by atoms with Crippen LogP contribution >= 0.6 is 0 Å². The minimum Gasteiger partial charge on any atom is -0.396 e. The average Bonchev–Trinajstić information content (AvgIpc) is 1.84. The van der Waals surface area contributed by atoms with Gasteiger partial charge in [0.05, 0.1) is 6.04 Å². The van der Waals surface area contributed by atoms with Gasteiger partial charge in [0.15, 0.2) is 0 Å². The zero-order chi connectivity index (χ0) is 9.78. The van der Waals surface area contributed by atoms with Crippen molar-refractivity contribution in [2.75, 3.05) is 20.7 Å². The smallest absolute Gasteiger partial charge is 0.131 e. The van der Waals surface area contributed by atoms with Gasteiger partial charge in [-0.2, -0.15) is 0 Å². The van der Waals surface area contributed by atoms with Gasteiger partial charge in [0.2, 0.25) is 0 Å². The third kappa shape index (κ3) is 3.99. The van der Waals surface area contributed by atoms with Crippen LogP contribution < -0.4 is 17.2 Å². The Morgan fingerprint density at radius 3 is 2.08 bits per heavy atom. The van der Waals surface area contributed by atoms with Crippen molar-refractivity contribution in [2.24, 2.45) is 17.2 Å². The first-order valence-electron chi connectivity index (χ1n) is 4.03. The standard InChI is InChI=1S/C7H20N4O/c1-11(2)6(4-3-5-12)7(8,9)10/h6,12H,3-5,8-10H2,1-2H3. The number of nitrogens with two attached hydrogens (primary N) is 3. The lowest BCUT2D eigenvalue weighted by atomic mass is 10.0. The van der Waals surface area contributed by atoms with E-state index in [4.69, 9.17) is 22.3 Å². The first kappa shape index (κ1) is 11.8. The normalized spacial score (nSPS) is 15.2. The number of likely N-dealkylation sites (N-methyl/N-ethyl adjacent to an activating group) is 1. The van der Waals surface area contributed by atoms with Crippen molar-refractivity contribution in [1.82, 2.24) is 4.90 Å². The number of aliphatic hydroxyl groups is 1. The third-order valence-corrected chi connectivity index (χ3v) is 1.84. The molecule has 0 amide bonds. The molecule has 0 aromatic rings. The summed E-state index contributed by atoms with van der Waals surface area (Å²) in [5, 5.41) is 8.62. The molecule has 1 unspecified atom stereocenters. The van der Waals surface area contributed by atoms with Gasteiger partial charge in [-0.15, -0.1) is 0 Å². The molecule has 0 aliphatic rings. The molecule has 0 aromatic carbocycles. The maximum Gasteiger partial charge on any atom is 0.131 e. The second-order valence-electron chi connectivity index (χ2n) is 3.35. The highest BCUT2D eigenvalue weighted by molar-refractivity contribution is 4.85. The van der Waals surface area contributed by atoms with Crippen LogP contribution in [0.15, 0.2) is 0 Å². The number of aliphatic hydroxyl groups excluding tert-OH is 1. The highest BCUT2D eigenvalue weighted by Gasteiger charge is 2.27. The largest absolute Gasteiger partial charge is 0.396 e. The summed E-state index contributed by atoms with van der Waals surface area (Å²) in [6.45, 7) is 0.139. The SMILES string of the molecule is CN(C)C(CCCO)C(N)(N)N. The van der Waals surface area contributed by atoms with Crippen molar-refractivity contribution < 1.29 is 5.11 Å². The van der Waals surface area contributed by atoms with Gasteiger partial charge in [-0.3, -0.25) is 17.2 Å². The molecule has 0 rings (SSSR count). The van der Waals surface area contributed by atoms with Crippen LogP contribution in [-0.4, -0.2) is 42.5 Å². The van der Waals surface area contributed by atoms with Crippen LogP contribution in [0.25, 0.3) is 0 Å². The van der Waals surface area contributed by atoms with Crippen molar-refractivity contribution in [2.45, 2.75) is 24.7 Å². The van der Waals surface area contributed by atoms with Gasteiger partial charge in [0.1, 0.15) is 5.79 Å². The molecule has 5 nitrogen and oxygen atoms in total. The Balaban J connectivity index is 4.05. The van der Waals surface area contributed by atoms with Crippen LogP contribution in [-0.2, 0) is 0 Å². The second kappa shape index (κ2) is 4.74. The van der Waals surface area contributed by atoms with E-state index in [0.29, 0.717) is 12.8 Å². The van der Waals surface area contributed by atoms with E-state index >= 15 is 0 Å². The average molecular weight is 176 g/mol. The maximum absolute atomic E-state index is 8.62. The molecule has 0 radical (unpaired) electrons. The van der Waals surface area contributed by atoms with Gasteiger partial charge in [0, 0.05) is 6.61 Å². The van der Waals surface area contributed by atoms with Crippen molar-refractivity contribution >= 4 is 0 Å². The highest BCUT2D eigenvalue weighted by Crippen LogP contribution is 2.07. The topological polar surface area (TPSA) is 102 Å². The molecule has 0 heterocycles. The number of rotatable bonds is 5. The summed E-state index contributed by atoms with van der Waals surface area (Å²) in [5.74, 6) is -1.20. The van der Waals surface area contributed by atoms with Crippen LogP contribution in [0.5, 0.6) is 0 Å². The zero-order valence-corrected chi connectivity index (χ0v) is 7.83. The van der Waals surface area contributed by atoms with Gasteiger partial charge in [-0.25, -0.2) is 0 Å². The lowest BCUT2D eigenvalue weighted by Gasteiger charge is -2.34. The van der Waals surface area contributed by atoms with Gasteiger partial charge in [-0.05, 0) is 26.9 Å². The van der Waals surface area contributed by atoms with E-state index < -0.39 is 5.79 Å². The molecule has 0 aliphatic carbocycles. The predicted molar refractivity (Wildman–Crippen MR) is 49.1 cm³/mol. The Morgan fingerprint density at radius 1 is 1.33 bits per heavy atom. The van der Waals surface area contributed by atoms with Crippen LogP contribution in [0.3, 0.4) is 0 Å². The van der Waals surface area contributed by atoms with Crippen LogP contribution in [0, 0.1) is 0 Å². The fourth-order valence-corrected chi connectivity index (χ4v) is 1.24. The van der Waals surface area contributed by atoms with E-state index in [9.17, 15) is 0 Å². The minimum atomic E-state index is -1.20. The van der Waals surface area contributed by atoms with E-state index in [1.54, 1.807) is 0 Å². The van der Waals surface area contributed by atoms with Gasteiger partial charge >= 0.3 is 0 Å². The number of nitrogens with zero attached hydrogens (tertiary/aromatic N) is 1. The summed E-state index contributed by atoms with van der Waals surface area (Å²) in [6.07, 6.45) is 1.36. The van der Waals surface area contributed by atoms with E-state index in [0.717, 1.165) is 0 Å². The van der Waals surface area contributed by atoms with Crippen molar-refractivity contribution in [3.05, 3.63) is 0 Å². The summed E-state index contributed by atoms with van der Waals surface area (Å²) < 4.78 is 0. The number of hydrogen-bond acceptors (Lipinski definition) is 5. The predicted octanol–water partition coefficient (Wildman–Crippen LogP) is -1.78. The molecule has 0 bridgehead atoms. The first-order valence-corrected chi connectivity index (χ1v) is 4.03. The van der Waals surface area contributed by atoms with E-state index in [1.165, 1.54) is 0 Å². The molecule has 7 N–H and O–H groups in total. The van der Waals surface area contributed by atoms with E-state index in [1.807, 2.05) is 19.0 Å². The van der Waals surface area contributed by atoms with Crippen LogP contribution in [0.2, 0.25) is 0 Å². The van der Waals surface area contributed by atoms with Gasteiger partial charge in [0.25, 0.3) is 0 Å². The molecular weight excluding hydrogens is 156 g/mol. The molecule has 0 fully saturated rings. The minimum absolute atomic E-state index is 0.107. The molecule has 74 valence electrons. The molecule has 12 heavy (non-hydrogen) atoms. The monoisotopic (exact) mass is 176 g/mol. The molecule has 0 spiro atoms. The molecule has 0 saturated heterocycles. The van der Waals surface area contributed by atoms with Crippen LogP contribution in [0.4, 0.5) is 0 Å². The second-order valence-corrected chi connectivity index (χ2v) is 3.35. The highest BCUT2D eigenvalue weighted by atomic mass is 16.2. The maximum atomic E-state index is 8.62. The molecule has 1 atom stereocenters. The van der Waals surface area contributed by atoms with Gasteiger partial charge in [-0.1, -0.05) is 0 Å². The molecule has 0 saturated carbocycles. The summed E-state index contributed by atoms with van der Waals surface area (Å²) in [7, 11) is 3.73. The van der Waals surface area contributed by atoms with Crippen LogP contribution in [0.1, 0.15) is 12.8 Å². The Kier molecular flexibility index (Phi) is 4.66. The van der Waals surface area contributed by atoms with Crippen molar-refractivity contribution in [3.63, 3.8) is 0 Å². The zero-order valence-electron chi connectivity index (χ0n) is 7.83. The number of hydrogen-bond donors (Lipinski definition) is 4. The van der Waals surface area contributed by atoms with Crippen molar-refractivity contribution in [3.8, 4) is 0 Å². The Hall–Kier alpha value is -0.200. The quantitative estimate of drug-likeness (QED) is 0.371. The molecule has 5 heteroatoms. The third-order valence-electron chi connectivity index (χ3n) is 1.84. The summed E-state index contributed by atoms with van der Waals surface area (Å²) >= 11 is 0. The Bertz CT molecular complexity index is 121. The fourth-order valence-electron chi connectivity index (χ4n) is 1.24. The fraction of sp³-hybridized carbons (Fsp3) is 1.00. The lowest BCUT2D eigenvalue weighted by molar-refractivity contribution is 0.158. The van der Waals surface area contributed by atoms with E-state index in [2.05, 4.69) is 0 Å². The van der Waals surface area contributed by atoms with Gasteiger partial charge < -0.3 is 10.0 Å². The molecule has 0 aliphatic heterocycles. The lowest BCUT2D eigenvalue weighted by Crippen LogP contribution is -2.69. The molecular formula is C7H20N4O. The summed E-state index contributed by atoms with van der Waals surface area (Å²) in [5.41, 5.74) is 16.7. The summed E-state index contributed by atoms with van der Waals surface area (Å²) in [4.78, 5) is 1.87. The van der Waals surface area contributed by atoms with E-state index in [-0.39, 0.29) is 12.6 Å². The van der Waals surface area contributed by atoms with Crippen molar-refractivity contribution in [1.29, 1.82) is 0 Å². The molecule has 0 aromatic heterocycles.